The predicted molar refractivity (Wildman–Crippen MR) is 151 cm³/mol. The van der Waals surface area contributed by atoms with Crippen LogP contribution in [-0.4, -0.2) is 30.2 Å². The highest BCUT2D eigenvalue weighted by Crippen LogP contribution is 2.36. The number of aromatic nitrogens is 1. The summed E-state index contributed by atoms with van der Waals surface area (Å²) in [5.74, 6) is 0.00364. The third kappa shape index (κ3) is 5.21. The Morgan fingerprint density at radius 1 is 0.895 bits per heavy atom. The van der Waals surface area contributed by atoms with E-state index in [0.29, 0.717) is 33.8 Å². The summed E-state index contributed by atoms with van der Waals surface area (Å²) in [6.45, 7) is 0. The molecule has 8 heteroatoms. The number of fused-ring (bicyclic) bond motifs is 1. The number of methoxy groups -OCH3 is 1. The molecule has 0 fully saturated rings. The molecule has 38 heavy (non-hydrogen) atoms. The summed E-state index contributed by atoms with van der Waals surface area (Å²) in [4.78, 5) is 29.1. The van der Waals surface area contributed by atoms with Gasteiger partial charge < -0.3 is 14.5 Å². The molecule has 0 saturated carbocycles. The van der Waals surface area contributed by atoms with Crippen molar-refractivity contribution < 1.29 is 19.1 Å². The predicted octanol–water partition coefficient (Wildman–Crippen LogP) is 6.59. The van der Waals surface area contributed by atoms with E-state index in [2.05, 4.69) is 31.4 Å². The van der Waals surface area contributed by atoms with Crippen molar-refractivity contribution in [3.63, 3.8) is 0 Å². The molecule has 0 unspecified atom stereocenters. The van der Waals surface area contributed by atoms with Crippen LogP contribution >= 0.6 is 15.9 Å². The first-order valence-corrected chi connectivity index (χ1v) is 12.5. The largest absolute Gasteiger partial charge is 0.495 e. The van der Waals surface area contributed by atoms with Crippen LogP contribution in [0.5, 0.6) is 11.5 Å². The Kier molecular flexibility index (Phi) is 7.33. The maximum atomic E-state index is 13.3. The lowest BCUT2D eigenvalue weighted by molar-refractivity contribution is 0.0734. The van der Waals surface area contributed by atoms with Gasteiger partial charge in [0.1, 0.15) is 17.2 Å². The average Bonchev–Trinajstić information content (AvgIpc) is 3.35. The van der Waals surface area contributed by atoms with Crippen molar-refractivity contribution >= 4 is 44.9 Å². The van der Waals surface area contributed by atoms with Gasteiger partial charge in [-0.15, -0.1) is 0 Å². The number of ether oxygens (including phenoxy) is 2. The van der Waals surface area contributed by atoms with Crippen molar-refractivity contribution in [2.24, 2.45) is 5.10 Å². The summed E-state index contributed by atoms with van der Waals surface area (Å²) in [7, 11) is 1.59. The molecule has 188 valence electrons. The molecule has 7 nitrogen and oxygen atoms in total. The number of nitrogens with zero attached hydrogens (tertiary/aromatic N) is 1. The van der Waals surface area contributed by atoms with Gasteiger partial charge in [0.25, 0.3) is 5.91 Å². The monoisotopic (exact) mass is 567 g/mol. The Balaban J connectivity index is 1.43. The van der Waals surface area contributed by atoms with Crippen molar-refractivity contribution in [1.29, 1.82) is 0 Å². The second kappa shape index (κ2) is 11.1. The quantitative estimate of drug-likeness (QED) is 0.100. The molecule has 0 radical (unpaired) electrons. The second-order valence-corrected chi connectivity index (χ2v) is 9.18. The number of benzene rings is 4. The van der Waals surface area contributed by atoms with E-state index < -0.39 is 11.9 Å². The molecule has 1 heterocycles. The zero-order valence-corrected chi connectivity index (χ0v) is 21.9. The fourth-order valence-corrected chi connectivity index (χ4v) is 4.48. The molecule has 0 atom stereocenters. The van der Waals surface area contributed by atoms with Crippen molar-refractivity contribution in [2.75, 3.05) is 7.11 Å². The minimum absolute atomic E-state index is 0.306. The van der Waals surface area contributed by atoms with Crippen LogP contribution in [0.1, 0.15) is 26.4 Å². The first-order chi connectivity index (χ1) is 18.5. The number of para-hydroxylation sites is 1. The van der Waals surface area contributed by atoms with Gasteiger partial charge in [0, 0.05) is 21.0 Å². The highest BCUT2D eigenvalue weighted by molar-refractivity contribution is 9.10. The Labute approximate surface area is 227 Å². The van der Waals surface area contributed by atoms with Gasteiger partial charge in [0.15, 0.2) is 0 Å². The van der Waals surface area contributed by atoms with Gasteiger partial charge in [0.2, 0.25) is 0 Å². The molecule has 0 spiro atoms. The van der Waals surface area contributed by atoms with Gasteiger partial charge in [-0.25, -0.2) is 10.2 Å². The van der Waals surface area contributed by atoms with Crippen LogP contribution in [0.15, 0.2) is 107 Å². The number of hydrazone groups is 1. The van der Waals surface area contributed by atoms with Crippen molar-refractivity contribution in [3.05, 3.63) is 118 Å². The third-order valence-corrected chi connectivity index (χ3v) is 6.35. The van der Waals surface area contributed by atoms with Crippen LogP contribution in [0.3, 0.4) is 0 Å². The number of nitrogens with one attached hydrogen (secondary N) is 2. The minimum Gasteiger partial charge on any atom is -0.495 e. The minimum atomic E-state index is -0.494. The van der Waals surface area contributed by atoms with Crippen LogP contribution in [0.2, 0.25) is 0 Å². The standard InChI is InChI=1S/C30H22BrN3O4/c1-37-25-14-8-13-23-26(19-9-4-2-5-10-19)28(33-27(23)25)29(35)34-32-18-21-17-22(31)15-16-24(21)38-30(36)20-11-6-3-7-12-20/h2-18,33H,1H3,(H,34,35). The third-order valence-electron chi connectivity index (χ3n) is 5.86. The molecule has 1 aromatic heterocycles. The fourth-order valence-electron chi connectivity index (χ4n) is 4.10. The Morgan fingerprint density at radius 3 is 2.37 bits per heavy atom. The average molecular weight is 568 g/mol. The van der Waals surface area contributed by atoms with E-state index in [1.54, 1.807) is 49.6 Å². The lowest BCUT2D eigenvalue weighted by Gasteiger charge is -2.08. The molecule has 1 amide bonds. The first kappa shape index (κ1) is 25.0. The summed E-state index contributed by atoms with van der Waals surface area (Å²) in [5, 5.41) is 5.01. The Hall–Kier alpha value is -4.69. The summed E-state index contributed by atoms with van der Waals surface area (Å²) >= 11 is 3.43. The molecule has 2 N–H and O–H groups in total. The number of esters is 1. The van der Waals surface area contributed by atoms with Crippen molar-refractivity contribution in [3.8, 4) is 22.6 Å². The lowest BCUT2D eigenvalue weighted by Crippen LogP contribution is -2.19. The van der Waals surface area contributed by atoms with Crippen LogP contribution < -0.4 is 14.9 Å². The molecule has 0 saturated heterocycles. The topological polar surface area (TPSA) is 92.8 Å². The molecular weight excluding hydrogens is 546 g/mol. The number of hydrogen-bond acceptors (Lipinski definition) is 5. The second-order valence-electron chi connectivity index (χ2n) is 8.26. The van der Waals surface area contributed by atoms with Gasteiger partial charge in [-0.1, -0.05) is 76.6 Å². The summed E-state index contributed by atoms with van der Waals surface area (Å²) in [6, 6.07) is 29.1. The van der Waals surface area contributed by atoms with Gasteiger partial charge in [0.05, 0.1) is 24.4 Å². The van der Waals surface area contributed by atoms with E-state index >= 15 is 0 Å². The van der Waals surface area contributed by atoms with E-state index in [0.717, 1.165) is 21.0 Å². The van der Waals surface area contributed by atoms with Crippen molar-refractivity contribution in [1.82, 2.24) is 10.4 Å². The molecule has 0 aliphatic heterocycles. The number of halogens is 1. The van der Waals surface area contributed by atoms with Gasteiger partial charge in [-0.3, -0.25) is 4.79 Å². The van der Waals surface area contributed by atoms with Gasteiger partial charge in [-0.2, -0.15) is 5.10 Å². The number of hydrogen-bond donors (Lipinski definition) is 2. The van der Waals surface area contributed by atoms with Gasteiger partial charge >= 0.3 is 5.97 Å². The zero-order valence-electron chi connectivity index (χ0n) is 20.3. The highest BCUT2D eigenvalue weighted by atomic mass is 79.9. The van der Waals surface area contributed by atoms with Gasteiger partial charge in [-0.05, 0) is 42.0 Å². The van der Waals surface area contributed by atoms with Crippen LogP contribution in [0, 0.1) is 0 Å². The molecule has 0 aliphatic rings. The van der Waals surface area contributed by atoms with E-state index in [9.17, 15) is 9.59 Å². The summed E-state index contributed by atoms with van der Waals surface area (Å²) < 4.78 is 11.9. The zero-order chi connectivity index (χ0) is 26.5. The maximum Gasteiger partial charge on any atom is 0.343 e. The summed E-state index contributed by atoms with van der Waals surface area (Å²) in [5.41, 5.74) is 6.20. The molecule has 0 bridgehead atoms. The molecular formula is C30H22BrN3O4. The first-order valence-electron chi connectivity index (χ1n) is 11.7. The Bertz CT molecular complexity index is 1650. The highest BCUT2D eigenvalue weighted by Gasteiger charge is 2.21. The van der Waals surface area contributed by atoms with E-state index in [-0.39, 0.29) is 0 Å². The maximum absolute atomic E-state index is 13.3. The van der Waals surface area contributed by atoms with Crippen LogP contribution in [0.4, 0.5) is 0 Å². The number of aromatic amines is 1. The number of rotatable bonds is 7. The van der Waals surface area contributed by atoms with E-state index in [4.69, 9.17) is 9.47 Å². The van der Waals surface area contributed by atoms with E-state index in [1.807, 2.05) is 54.6 Å². The van der Waals surface area contributed by atoms with Crippen LogP contribution in [0.25, 0.3) is 22.0 Å². The van der Waals surface area contributed by atoms with E-state index in [1.165, 1.54) is 6.21 Å². The smallest absolute Gasteiger partial charge is 0.343 e. The molecule has 4 aromatic carbocycles. The molecule has 0 aliphatic carbocycles. The number of amides is 1. The molecule has 5 rings (SSSR count). The molecule has 5 aromatic rings. The van der Waals surface area contributed by atoms with Crippen LogP contribution in [-0.2, 0) is 0 Å². The lowest BCUT2D eigenvalue weighted by atomic mass is 10.0. The number of carbonyl (C=O) groups is 2. The number of H-pyrrole nitrogens is 1. The summed E-state index contributed by atoms with van der Waals surface area (Å²) in [6.07, 6.45) is 1.43. The normalized spacial score (nSPS) is 11.0. The fraction of sp³-hybridized carbons (Fsp3) is 0.0333. The number of carbonyl (C=O) groups excluding carboxylic acids is 2. The van der Waals surface area contributed by atoms with Crippen molar-refractivity contribution in [2.45, 2.75) is 0 Å². The SMILES string of the molecule is COc1cccc2c(-c3ccccc3)c(C(=O)NN=Cc3cc(Br)ccc3OC(=O)c3ccccc3)[nH]c12. The Morgan fingerprint density at radius 2 is 1.63 bits per heavy atom.